The molecule has 0 bridgehead atoms. The second-order valence-electron chi connectivity index (χ2n) is 4.46. The van der Waals surface area contributed by atoms with Crippen molar-refractivity contribution in [1.82, 2.24) is 9.55 Å². The van der Waals surface area contributed by atoms with Crippen LogP contribution in [0.1, 0.15) is 12.8 Å². The minimum atomic E-state index is -0.289. The van der Waals surface area contributed by atoms with Crippen LogP contribution in [0.15, 0.2) is 16.6 Å². The molecule has 0 radical (unpaired) electrons. The van der Waals surface area contributed by atoms with Gasteiger partial charge in [0, 0.05) is 12.7 Å². The fourth-order valence-electron chi connectivity index (χ4n) is 2.33. The van der Waals surface area contributed by atoms with Gasteiger partial charge in [0.25, 0.3) is 0 Å². The fraction of sp³-hybridized carbons (Fsp3) is 0.417. The molecule has 0 saturated carbocycles. The number of nitrogens with one attached hydrogen (secondary N) is 1. The average Bonchev–Trinajstić information content (AvgIpc) is 2.92. The van der Waals surface area contributed by atoms with Gasteiger partial charge in [-0.3, -0.25) is 0 Å². The molecule has 2 aromatic rings. The van der Waals surface area contributed by atoms with E-state index in [9.17, 15) is 4.39 Å². The first-order valence-corrected chi connectivity index (χ1v) is 7.04. The molecule has 3 rings (SSSR count). The number of imidazole rings is 1. The molecule has 1 aliphatic heterocycles. The van der Waals surface area contributed by atoms with Gasteiger partial charge in [0.15, 0.2) is 4.77 Å². The molecule has 6 heteroatoms. The number of hydrogen-bond acceptors (Lipinski definition) is 2. The molecule has 1 aromatic heterocycles. The highest BCUT2D eigenvalue weighted by Crippen LogP contribution is 2.24. The van der Waals surface area contributed by atoms with Crippen LogP contribution in [0.5, 0.6) is 0 Å². The molecule has 2 heterocycles. The summed E-state index contributed by atoms with van der Waals surface area (Å²) in [6.07, 6.45) is 2.36. The van der Waals surface area contributed by atoms with Crippen molar-refractivity contribution in [3.63, 3.8) is 0 Å². The Kier molecular flexibility index (Phi) is 3.25. The maximum atomic E-state index is 13.5. The number of nitrogens with zero attached hydrogens (tertiary/aromatic N) is 1. The van der Waals surface area contributed by atoms with E-state index in [-0.39, 0.29) is 11.9 Å². The third-order valence-electron chi connectivity index (χ3n) is 3.23. The summed E-state index contributed by atoms with van der Waals surface area (Å²) in [4.78, 5) is 3.03. The Labute approximate surface area is 117 Å². The van der Waals surface area contributed by atoms with Crippen molar-refractivity contribution in [3.8, 4) is 0 Å². The summed E-state index contributed by atoms with van der Waals surface area (Å²) in [5, 5.41) is 0. The predicted octanol–water partition coefficient (Wildman–Crippen LogP) is 3.78. The molecule has 0 aliphatic carbocycles. The van der Waals surface area contributed by atoms with E-state index < -0.39 is 0 Å². The van der Waals surface area contributed by atoms with Crippen molar-refractivity contribution in [2.75, 3.05) is 6.61 Å². The quantitative estimate of drug-likeness (QED) is 0.849. The summed E-state index contributed by atoms with van der Waals surface area (Å²) in [6, 6.07) is 3.22. The second kappa shape index (κ2) is 4.75. The maximum Gasteiger partial charge on any atom is 0.178 e. The maximum absolute atomic E-state index is 13.5. The van der Waals surface area contributed by atoms with Crippen LogP contribution >= 0.6 is 28.1 Å². The molecule has 96 valence electrons. The van der Waals surface area contributed by atoms with E-state index in [1.54, 1.807) is 6.07 Å². The number of H-pyrrole nitrogens is 1. The minimum absolute atomic E-state index is 0.208. The van der Waals surface area contributed by atoms with Crippen LogP contribution in [0, 0.1) is 10.6 Å². The number of aromatic nitrogens is 2. The summed E-state index contributed by atoms with van der Waals surface area (Å²) in [5.41, 5.74) is 1.63. The molecule has 1 saturated heterocycles. The molecule has 1 N–H and O–H groups in total. The standard InChI is InChI=1S/C12H12BrFN2OS/c13-8-4-11-10(5-9(8)14)15-12(18)16(11)6-7-2-1-3-17-7/h4-5,7H,1-3,6H2,(H,15,18). The van der Waals surface area contributed by atoms with Crippen LogP contribution in [0.25, 0.3) is 11.0 Å². The monoisotopic (exact) mass is 330 g/mol. The Bertz CT molecular complexity index is 645. The lowest BCUT2D eigenvalue weighted by Gasteiger charge is -2.11. The molecule has 1 aliphatic rings. The molecule has 18 heavy (non-hydrogen) atoms. The first-order valence-electron chi connectivity index (χ1n) is 5.84. The third kappa shape index (κ3) is 2.13. The summed E-state index contributed by atoms with van der Waals surface area (Å²) in [6.45, 7) is 1.54. The number of hydrogen-bond donors (Lipinski definition) is 1. The highest BCUT2D eigenvalue weighted by molar-refractivity contribution is 9.10. The van der Waals surface area contributed by atoms with Crippen LogP contribution < -0.4 is 0 Å². The largest absolute Gasteiger partial charge is 0.376 e. The molecule has 1 fully saturated rings. The Morgan fingerprint density at radius 1 is 1.56 bits per heavy atom. The van der Waals surface area contributed by atoms with Gasteiger partial charge in [-0.2, -0.15) is 0 Å². The van der Waals surface area contributed by atoms with Gasteiger partial charge in [-0.1, -0.05) is 0 Å². The van der Waals surface area contributed by atoms with Crippen LogP contribution in [0.4, 0.5) is 4.39 Å². The van der Waals surface area contributed by atoms with Crippen molar-refractivity contribution in [3.05, 3.63) is 27.2 Å². The van der Waals surface area contributed by atoms with Crippen molar-refractivity contribution < 1.29 is 9.13 Å². The number of aromatic amines is 1. The third-order valence-corrected chi connectivity index (χ3v) is 4.16. The molecular weight excluding hydrogens is 319 g/mol. The average molecular weight is 331 g/mol. The lowest BCUT2D eigenvalue weighted by molar-refractivity contribution is 0.0976. The molecule has 1 unspecified atom stereocenters. The first kappa shape index (κ1) is 12.3. The Morgan fingerprint density at radius 2 is 2.39 bits per heavy atom. The molecule has 1 atom stereocenters. The fourth-order valence-corrected chi connectivity index (χ4v) is 2.94. The lowest BCUT2D eigenvalue weighted by Crippen LogP contribution is -2.14. The van der Waals surface area contributed by atoms with E-state index in [2.05, 4.69) is 20.9 Å². The van der Waals surface area contributed by atoms with Gasteiger partial charge in [-0.05, 0) is 47.1 Å². The molecule has 0 spiro atoms. The van der Waals surface area contributed by atoms with Crippen molar-refractivity contribution >= 4 is 39.2 Å². The predicted molar refractivity (Wildman–Crippen MR) is 73.8 cm³/mol. The number of halogens is 2. The van der Waals surface area contributed by atoms with Gasteiger partial charge in [-0.15, -0.1) is 0 Å². The lowest BCUT2D eigenvalue weighted by atomic mass is 10.2. The van der Waals surface area contributed by atoms with E-state index in [0.717, 1.165) is 37.0 Å². The van der Waals surface area contributed by atoms with Gasteiger partial charge < -0.3 is 14.3 Å². The van der Waals surface area contributed by atoms with Crippen molar-refractivity contribution in [2.24, 2.45) is 0 Å². The highest BCUT2D eigenvalue weighted by Gasteiger charge is 2.18. The molecular formula is C12H12BrFN2OS. The van der Waals surface area contributed by atoms with E-state index in [1.165, 1.54) is 6.07 Å². The van der Waals surface area contributed by atoms with Crippen molar-refractivity contribution in [1.29, 1.82) is 0 Å². The Morgan fingerprint density at radius 3 is 3.11 bits per heavy atom. The summed E-state index contributed by atoms with van der Waals surface area (Å²) < 4.78 is 22.1. The van der Waals surface area contributed by atoms with Gasteiger partial charge in [0.05, 0.1) is 28.2 Å². The van der Waals surface area contributed by atoms with Crippen LogP contribution in [0.3, 0.4) is 0 Å². The van der Waals surface area contributed by atoms with Gasteiger partial charge in [-0.25, -0.2) is 4.39 Å². The van der Waals surface area contributed by atoms with Crippen LogP contribution in [-0.4, -0.2) is 22.3 Å². The van der Waals surface area contributed by atoms with Gasteiger partial charge in [0.2, 0.25) is 0 Å². The van der Waals surface area contributed by atoms with Crippen LogP contribution in [-0.2, 0) is 11.3 Å². The smallest absolute Gasteiger partial charge is 0.178 e. The zero-order valence-corrected chi connectivity index (χ0v) is 12.0. The summed E-state index contributed by atoms with van der Waals surface area (Å²) in [7, 11) is 0. The van der Waals surface area contributed by atoms with Crippen LogP contribution in [0.2, 0.25) is 0 Å². The number of benzene rings is 1. The molecule has 1 aromatic carbocycles. The molecule has 0 amide bonds. The normalized spacial score (nSPS) is 19.8. The topological polar surface area (TPSA) is 29.9 Å². The zero-order valence-electron chi connectivity index (χ0n) is 9.58. The second-order valence-corrected chi connectivity index (χ2v) is 5.70. The van der Waals surface area contributed by atoms with Gasteiger partial charge >= 0.3 is 0 Å². The SMILES string of the molecule is Fc1cc2[nH]c(=S)n(CC3CCCO3)c2cc1Br. The highest BCUT2D eigenvalue weighted by atomic mass is 79.9. The summed E-state index contributed by atoms with van der Waals surface area (Å²) >= 11 is 8.49. The Balaban J connectivity index is 2.07. The van der Waals surface area contributed by atoms with Crippen molar-refractivity contribution in [2.45, 2.75) is 25.5 Å². The number of fused-ring (bicyclic) bond motifs is 1. The summed E-state index contributed by atoms with van der Waals surface area (Å²) in [5.74, 6) is -0.289. The van der Waals surface area contributed by atoms with E-state index in [1.807, 2.05) is 4.57 Å². The first-order chi connectivity index (χ1) is 8.65. The zero-order chi connectivity index (χ0) is 12.7. The van der Waals surface area contributed by atoms with E-state index in [4.69, 9.17) is 17.0 Å². The van der Waals surface area contributed by atoms with Gasteiger partial charge in [0.1, 0.15) is 5.82 Å². The van der Waals surface area contributed by atoms with E-state index >= 15 is 0 Å². The minimum Gasteiger partial charge on any atom is -0.376 e. The molecule has 3 nitrogen and oxygen atoms in total. The van der Waals surface area contributed by atoms with E-state index in [0.29, 0.717) is 9.24 Å². The number of rotatable bonds is 2. The Hall–Kier alpha value is -0.720. The number of ether oxygens (including phenoxy) is 1.